The Hall–Kier alpha value is -1.65. The highest BCUT2D eigenvalue weighted by Crippen LogP contribution is 2.11. The minimum Gasteiger partial charge on any atom is -0.465 e. The quantitative estimate of drug-likeness (QED) is 0.488. The number of carbonyl (C=O) groups excluding carboxylic acids is 2. The van der Waals surface area contributed by atoms with Crippen molar-refractivity contribution in [1.29, 1.82) is 0 Å². The first-order valence-electron chi connectivity index (χ1n) is 3.69. The van der Waals surface area contributed by atoms with Crippen molar-refractivity contribution in [1.82, 2.24) is 9.78 Å². The molecule has 0 aliphatic carbocycles. The highest BCUT2D eigenvalue weighted by molar-refractivity contribution is 5.98. The summed E-state index contributed by atoms with van der Waals surface area (Å²) in [6.45, 7) is 1.65. The fraction of sp³-hybridized carbons (Fsp3) is 0.375. The molecule has 0 saturated heterocycles. The molecule has 0 N–H and O–H groups in total. The van der Waals surface area contributed by atoms with E-state index in [1.165, 1.54) is 11.8 Å². The molecule has 1 aromatic heterocycles. The van der Waals surface area contributed by atoms with Crippen LogP contribution in [-0.2, 0) is 11.8 Å². The summed E-state index contributed by atoms with van der Waals surface area (Å²) in [5, 5.41) is 3.94. The summed E-state index contributed by atoms with van der Waals surface area (Å²) in [5.41, 5.74) is 0.973. The van der Waals surface area contributed by atoms with Crippen LogP contribution in [-0.4, -0.2) is 29.1 Å². The van der Waals surface area contributed by atoms with Crippen LogP contribution in [0.5, 0.6) is 0 Å². The van der Waals surface area contributed by atoms with Gasteiger partial charge in [-0.1, -0.05) is 0 Å². The maximum atomic E-state index is 11.2. The number of aromatic nitrogens is 2. The zero-order valence-corrected chi connectivity index (χ0v) is 7.70. The van der Waals surface area contributed by atoms with Crippen molar-refractivity contribution >= 4 is 12.3 Å². The standard InChI is InChI=1S/C8H10N2O3/c1-5-7(8(12)13-3)6(4-11)10(2)9-5/h4H,1-3H3. The van der Waals surface area contributed by atoms with Gasteiger partial charge in [0.05, 0.1) is 12.8 Å². The number of hydrogen-bond acceptors (Lipinski definition) is 4. The number of aldehydes is 1. The van der Waals surface area contributed by atoms with Gasteiger partial charge in [-0.15, -0.1) is 0 Å². The molecule has 13 heavy (non-hydrogen) atoms. The van der Waals surface area contributed by atoms with Crippen LogP contribution in [0.3, 0.4) is 0 Å². The van der Waals surface area contributed by atoms with E-state index in [0.717, 1.165) is 0 Å². The van der Waals surface area contributed by atoms with Crippen LogP contribution in [0.2, 0.25) is 0 Å². The van der Waals surface area contributed by atoms with E-state index in [4.69, 9.17) is 0 Å². The van der Waals surface area contributed by atoms with Crippen molar-refractivity contribution in [3.63, 3.8) is 0 Å². The van der Waals surface area contributed by atoms with Crippen molar-refractivity contribution in [2.24, 2.45) is 7.05 Å². The molecule has 0 unspecified atom stereocenters. The Morgan fingerprint density at radius 1 is 1.62 bits per heavy atom. The van der Waals surface area contributed by atoms with Crippen LogP contribution < -0.4 is 0 Å². The molecule has 0 aliphatic rings. The van der Waals surface area contributed by atoms with Gasteiger partial charge >= 0.3 is 5.97 Å². The lowest BCUT2D eigenvalue weighted by Crippen LogP contribution is -2.06. The Bertz CT molecular complexity index is 355. The first-order chi connectivity index (χ1) is 6.11. The summed E-state index contributed by atoms with van der Waals surface area (Å²) in [6, 6.07) is 0. The second-order valence-electron chi connectivity index (χ2n) is 2.58. The van der Waals surface area contributed by atoms with Crippen molar-refractivity contribution in [2.75, 3.05) is 7.11 Å². The van der Waals surface area contributed by atoms with Gasteiger partial charge in [0.25, 0.3) is 0 Å². The molecule has 0 amide bonds. The number of ether oxygens (including phenoxy) is 1. The molecule has 70 valence electrons. The van der Waals surface area contributed by atoms with Gasteiger partial charge in [0.15, 0.2) is 6.29 Å². The molecule has 5 nitrogen and oxygen atoms in total. The topological polar surface area (TPSA) is 61.2 Å². The molecule has 1 heterocycles. The summed E-state index contributed by atoms with van der Waals surface area (Å²) >= 11 is 0. The summed E-state index contributed by atoms with van der Waals surface area (Å²) < 4.78 is 5.88. The maximum Gasteiger partial charge on any atom is 0.342 e. The first-order valence-corrected chi connectivity index (χ1v) is 3.69. The van der Waals surface area contributed by atoms with Gasteiger partial charge < -0.3 is 4.74 Å². The van der Waals surface area contributed by atoms with Gasteiger partial charge in [-0.3, -0.25) is 9.48 Å². The Morgan fingerprint density at radius 2 is 2.23 bits per heavy atom. The Kier molecular flexibility index (Phi) is 2.46. The van der Waals surface area contributed by atoms with Gasteiger partial charge in [0.2, 0.25) is 0 Å². The fourth-order valence-electron chi connectivity index (χ4n) is 1.17. The summed E-state index contributed by atoms with van der Waals surface area (Å²) in [7, 11) is 2.87. The number of rotatable bonds is 2. The van der Waals surface area contributed by atoms with Gasteiger partial charge in [0, 0.05) is 7.05 Å². The summed E-state index contributed by atoms with van der Waals surface area (Å²) in [5.74, 6) is -0.535. The molecule has 0 radical (unpaired) electrons. The van der Waals surface area contributed by atoms with Gasteiger partial charge in [-0.25, -0.2) is 4.79 Å². The number of carbonyl (C=O) groups is 2. The van der Waals surface area contributed by atoms with Gasteiger partial charge in [0.1, 0.15) is 11.3 Å². The maximum absolute atomic E-state index is 11.2. The second-order valence-corrected chi connectivity index (χ2v) is 2.58. The molecule has 1 rings (SSSR count). The molecule has 0 spiro atoms. The average molecular weight is 182 g/mol. The minimum atomic E-state index is -0.535. The number of aryl methyl sites for hydroxylation is 2. The molecule has 0 saturated carbocycles. The predicted octanol–water partition coefficient (Wildman–Crippen LogP) is 0.328. The van der Waals surface area contributed by atoms with Gasteiger partial charge in [-0.05, 0) is 6.92 Å². The molecule has 0 fully saturated rings. The van der Waals surface area contributed by atoms with E-state index in [0.29, 0.717) is 12.0 Å². The van der Waals surface area contributed by atoms with Crippen LogP contribution in [0.4, 0.5) is 0 Å². The number of nitrogens with zero attached hydrogens (tertiary/aromatic N) is 2. The third-order valence-electron chi connectivity index (χ3n) is 1.77. The molecule has 0 bridgehead atoms. The van der Waals surface area contributed by atoms with E-state index in [2.05, 4.69) is 9.84 Å². The van der Waals surface area contributed by atoms with Gasteiger partial charge in [-0.2, -0.15) is 5.10 Å². The van der Waals surface area contributed by atoms with E-state index in [1.807, 2.05) is 0 Å². The van der Waals surface area contributed by atoms with E-state index in [9.17, 15) is 9.59 Å². The monoisotopic (exact) mass is 182 g/mol. The molecule has 0 aliphatic heterocycles. The van der Waals surface area contributed by atoms with Crippen LogP contribution in [0.1, 0.15) is 26.5 Å². The van der Waals surface area contributed by atoms with Crippen LogP contribution in [0, 0.1) is 6.92 Å². The molecule has 1 aromatic rings. The predicted molar refractivity (Wildman–Crippen MR) is 44.7 cm³/mol. The van der Waals surface area contributed by atoms with Crippen LogP contribution in [0.15, 0.2) is 0 Å². The lowest BCUT2D eigenvalue weighted by atomic mass is 10.2. The molecular weight excluding hydrogens is 172 g/mol. The molecule has 5 heteroatoms. The Morgan fingerprint density at radius 3 is 2.69 bits per heavy atom. The highest BCUT2D eigenvalue weighted by atomic mass is 16.5. The fourth-order valence-corrected chi connectivity index (χ4v) is 1.17. The van der Waals surface area contributed by atoms with Crippen molar-refractivity contribution in [3.8, 4) is 0 Å². The second kappa shape index (κ2) is 3.38. The average Bonchev–Trinajstić information content (AvgIpc) is 2.39. The third kappa shape index (κ3) is 1.44. The lowest BCUT2D eigenvalue weighted by molar-refractivity contribution is 0.0597. The zero-order chi connectivity index (χ0) is 10.0. The smallest absolute Gasteiger partial charge is 0.342 e. The van der Waals surface area contributed by atoms with E-state index in [-0.39, 0.29) is 11.3 Å². The Labute approximate surface area is 75.3 Å². The Balaban J connectivity index is 3.32. The van der Waals surface area contributed by atoms with Crippen molar-refractivity contribution < 1.29 is 14.3 Å². The van der Waals surface area contributed by atoms with Crippen molar-refractivity contribution in [3.05, 3.63) is 17.0 Å². The normalized spacial score (nSPS) is 9.77. The van der Waals surface area contributed by atoms with E-state index in [1.54, 1.807) is 14.0 Å². The number of hydrogen-bond donors (Lipinski definition) is 0. The largest absolute Gasteiger partial charge is 0.465 e. The first kappa shape index (κ1) is 9.44. The highest BCUT2D eigenvalue weighted by Gasteiger charge is 2.19. The van der Waals surface area contributed by atoms with E-state index < -0.39 is 5.97 Å². The molecule has 0 atom stereocenters. The van der Waals surface area contributed by atoms with E-state index >= 15 is 0 Å². The summed E-state index contributed by atoms with van der Waals surface area (Å²) in [4.78, 5) is 21.8. The number of methoxy groups -OCH3 is 1. The third-order valence-corrected chi connectivity index (χ3v) is 1.77. The minimum absolute atomic E-state index is 0.236. The summed E-state index contributed by atoms with van der Waals surface area (Å²) in [6.07, 6.45) is 0.590. The zero-order valence-electron chi connectivity index (χ0n) is 7.70. The lowest BCUT2D eigenvalue weighted by Gasteiger charge is -1.97. The molecular formula is C8H10N2O3. The van der Waals surface area contributed by atoms with Crippen molar-refractivity contribution in [2.45, 2.75) is 6.92 Å². The van der Waals surface area contributed by atoms with Crippen LogP contribution in [0.25, 0.3) is 0 Å². The van der Waals surface area contributed by atoms with Crippen LogP contribution >= 0.6 is 0 Å². The molecule has 0 aromatic carbocycles. The number of esters is 1. The SMILES string of the molecule is COC(=O)c1c(C)nn(C)c1C=O.